The van der Waals surface area contributed by atoms with E-state index in [4.69, 9.17) is 4.52 Å². The SMILES string of the molecule is CC#CCNC(=O)CNS(=O)(=O)c1c(C)noc1C. The van der Waals surface area contributed by atoms with E-state index in [0.717, 1.165) is 0 Å². The summed E-state index contributed by atoms with van der Waals surface area (Å²) in [5.74, 6) is 4.97. The molecule has 1 rings (SSSR count). The number of nitrogens with zero attached hydrogens (tertiary/aromatic N) is 1. The predicted octanol–water partition coefficient (Wildman–Crippen LogP) is -0.291. The molecule has 0 saturated carbocycles. The highest BCUT2D eigenvalue weighted by atomic mass is 32.2. The van der Waals surface area contributed by atoms with Gasteiger partial charge >= 0.3 is 0 Å². The van der Waals surface area contributed by atoms with Crippen LogP contribution < -0.4 is 10.0 Å². The Balaban J connectivity index is 2.66. The smallest absolute Gasteiger partial charge is 0.246 e. The molecular formula is C11H15N3O4S. The summed E-state index contributed by atoms with van der Waals surface area (Å²) in [5, 5.41) is 6.01. The van der Waals surface area contributed by atoms with E-state index in [0.29, 0.717) is 0 Å². The molecule has 8 heteroatoms. The lowest BCUT2D eigenvalue weighted by molar-refractivity contribution is -0.119. The minimum Gasteiger partial charge on any atom is -0.360 e. The lowest BCUT2D eigenvalue weighted by atomic mass is 10.4. The lowest BCUT2D eigenvalue weighted by Gasteiger charge is -2.05. The van der Waals surface area contributed by atoms with Gasteiger partial charge in [0, 0.05) is 0 Å². The van der Waals surface area contributed by atoms with Gasteiger partial charge in [-0.1, -0.05) is 11.1 Å². The first kappa shape index (κ1) is 15.2. The van der Waals surface area contributed by atoms with Gasteiger partial charge in [-0.05, 0) is 20.8 Å². The summed E-state index contributed by atoms with van der Waals surface area (Å²) < 4.78 is 30.9. The number of nitrogens with one attached hydrogen (secondary N) is 2. The Bertz CT molecular complexity index is 603. The predicted molar refractivity (Wildman–Crippen MR) is 67.6 cm³/mol. The van der Waals surface area contributed by atoms with Crippen LogP contribution in [-0.4, -0.2) is 32.6 Å². The summed E-state index contributed by atoms with van der Waals surface area (Å²) >= 11 is 0. The highest BCUT2D eigenvalue weighted by Crippen LogP contribution is 2.17. The molecule has 0 unspecified atom stereocenters. The van der Waals surface area contributed by atoms with Crippen LogP contribution in [0.1, 0.15) is 18.4 Å². The largest absolute Gasteiger partial charge is 0.360 e. The highest BCUT2D eigenvalue weighted by Gasteiger charge is 2.24. The molecule has 0 aromatic carbocycles. The lowest BCUT2D eigenvalue weighted by Crippen LogP contribution is -2.37. The third kappa shape index (κ3) is 4.08. The van der Waals surface area contributed by atoms with Crippen LogP contribution in [0.4, 0.5) is 0 Å². The molecule has 0 bridgehead atoms. The van der Waals surface area contributed by atoms with Gasteiger partial charge in [0.15, 0.2) is 5.76 Å². The maximum atomic E-state index is 12.0. The minimum absolute atomic E-state index is 0.0337. The van der Waals surface area contributed by atoms with Gasteiger partial charge in [-0.25, -0.2) is 13.1 Å². The van der Waals surface area contributed by atoms with E-state index in [1.807, 2.05) is 0 Å². The maximum Gasteiger partial charge on any atom is 0.246 e. The molecule has 0 aliphatic rings. The van der Waals surface area contributed by atoms with E-state index >= 15 is 0 Å². The van der Waals surface area contributed by atoms with Gasteiger partial charge in [-0.3, -0.25) is 4.79 Å². The van der Waals surface area contributed by atoms with E-state index in [1.54, 1.807) is 6.92 Å². The zero-order valence-corrected chi connectivity index (χ0v) is 11.7. The van der Waals surface area contributed by atoms with Crippen LogP contribution in [0, 0.1) is 25.7 Å². The van der Waals surface area contributed by atoms with Gasteiger partial charge < -0.3 is 9.84 Å². The van der Waals surface area contributed by atoms with Crippen molar-refractivity contribution in [2.75, 3.05) is 13.1 Å². The van der Waals surface area contributed by atoms with Crippen molar-refractivity contribution in [3.05, 3.63) is 11.5 Å². The summed E-state index contributed by atoms with van der Waals surface area (Å²) in [5.41, 5.74) is 0.252. The molecule has 0 fully saturated rings. The Morgan fingerprint density at radius 3 is 2.63 bits per heavy atom. The van der Waals surface area contributed by atoms with Crippen LogP contribution in [0.15, 0.2) is 9.42 Å². The monoisotopic (exact) mass is 285 g/mol. The van der Waals surface area contributed by atoms with Crippen molar-refractivity contribution in [3.63, 3.8) is 0 Å². The topological polar surface area (TPSA) is 101 Å². The fourth-order valence-corrected chi connectivity index (χ4v) is 2.69. The second kappa shape index (κ2) is 6.36. The standard InChI is InChI=1S/C11H15N3O4S/c1-4-5-6-12-10(15)7-13-19(16,17)11-8(2)14-18-9(11)3/h13H,6-7H2,1-3H3,(H,12,15). The van der Waals surface area contributed by atoms with E-state index in [2.05, 4.69) is 27.0 Å². The summed E-state index contributed by atoms with van der Waals surface area (Å²) in [6, 6.07) is 0. The maximum absolute atomic E-state index is 12.0. The fraction of sp³-hybridized carbons (Fsp3) is 0.455. The average Bonchev–Trinajstić information content (AvgIpc) is 2.67. The molecule has 2 N–H and O–H groups in total. The van der Waals surface area contributed by atoms with Crippen LogP contribution in [0.25, 0.3) is 0 Å². The van der Waals surface area contributed by atoms with Crippen LogP contribution in [-0.2, 0) is 14.8 Å². The van der Waals surface area contributed by atoms with Crippen LogP contribution in [0.5, 0.6) is 0 Å². The van der Waals surface area contributed by atoms with Crippen LogP contribution in [0.3, 0.4) is 0 Å². The van der Waals surface area contributed by atoms with Crippen molar-refractivity contribution in [2.24, 2.45) is 0 Å². The zero-order chi connectivity index (χ0) is 14.5. The number of rotatable bonds is 5. The molecule has 19 heavy (non-hydrogen) atoms. The molecular weight excluding hydrogens is 270 g/mol. The highest BCUT2D eigenvalue weighted by molar-refractivity contribution is 7.89. The van der Waals surface area contributed by atoms with Crippen LogP contribution >= 0.6 is 0 Å². The number of aromatic nitrogens is 1. The quantitative estimate of drug-likeness (QED) is 0.724. The van der Waals surface area contributed by atoms with E-state index in [1.165, 1.54) is 13.8 Å². The fourth-order valence-electron chi connectivity index (χ4n) is 1.38. The molecule has 1 aromatic rings. The molecule has 7 nitrogen and oxygen atoms in total. The van der Waals surface area contributed by atoms with E-state index in [9.17, 15) is 13.2 Å². The van der Waals surface area contributed by atoms with E-state index < -0.39 is 15.9 Å². The van der Waals surface area contributed by atoms with Crippen LogP contribution in [0.2, 0.25) is 0 Å². The van der Waals surface area contributed by atoms with Gasteiger partial charge in [-0.15, -0.1) is 5.92 Å². The summed E-state index contributed by atoms with van der Waals surface area (Å²) in [6.45, 7) is 4.47. The molecule has 0 atom stereocenters. The van der Waals surface area contributed by atoms with Crippen molar-refractivity contribution in [3.8, 4) is 11.8 Å². The molecule has 0 radical (unpaired) electrons. The Hall–Kier alpha value is -1.85. The number of sulfonamides is 1. The number of amides is 1. The Kier molecular flexibility index (Phi) is 5.09. The Morgan fingerprint density at radius 1 is 1.42 bits per heavy atom. The van der Waals surface area contributed by atoms with Gasteiger partial charge in [0.1, 0.15) is 10.6 Å². The molecule has 0 aliphatic heterocycles. The number of carbonyl (C=O) groups is 1. The first-order valence-electron chi connectivity index (χ1n) is 5.47. The van der Waals surface area contributed by atoms with Gasteiger partial charge in [-0.2, -0.15) is 0 Å². The third-order valence-corrected chi connectivity index (χ3v) is 3.85. The molecule has 0 spiro atoms. The minimum atomic E-state index is -3.81. The molecule has 0 aliphatic carbocycles. The van der Waals surface area contributed by atoms with Crippen molar-refractivity contribution >= 4 is 15.9 Å². The Morgan fingerprint density at radius 2 is 2.11 bits per heavy atom. The average molecular weight is 285 g/mol. The molecule has 1 aromatic heterocycles. The molecule has 104 valence electrons. The van der Waals surface area contributed by atoms with Gasteiger partial charge in [0.25, 0.3) is 0 Å². The van der Waals surface area contributed by atoms with Crippen molar-refractivity contribution in [1.82, 2.24) is 15.2 Å². The van der Waals surface area contributed by atoms with Crippen molar-refractivity contribution < 1.29 is 17.7 Å². The first-order chi connectivity index (χ1) is 8.88. The molecule has 1 heterocycles. The Labute approximate surface area is 111 Å². The summed E-state index contributed by atoms with van der Waals surface area (Å²) in [6.07, 6.45) is 0. The number of aryl methyl sites for hydroxylation is 2. The van der Waals surface area contributed by atoms with Crippen molar-refractivity contribution in [1.29, 1.82) is 0 Å². The number of hydrogen-bond donors (Lipinski definition) is 2. The van der Waals surface area contributed by atoms with Gasteiger partial charge in [0.05, 0.1) is 13.1 Å². The second-order valence-corrected chi connectivity index (χ2v) is 5.39. The zero-order valence-electron chi connectivity index (χ0n) is 10.9. The molecule has 0 saturated heterocycles. The summed E-state index contributed by atoms with van der Waals surface area (Å²) in [4.78, 5) is 11.3. The van der Waals surface area contributed by atoms with Gasteiger partial charge in [0.2, 0.25) is 15.9 Å². The van der Waals surface area contributed by atoms with Crippen molar-refractivity contribution in [2.45, 2.75) is 25.7 Å². The summed E-state index contributed by atoms with van der Waals surface area (Å²) in [7, 11) is -3.81. The number of hydrogen-bond acceptors (Lipinski definition) is 5. The van der Waals surface area contributed by atoms with E-state index in [-0.39, 0.29) is 29.4 Å². The third-order valence-electron chi connectivity index (χ3n) is 2.21. The second-order valence-electron chi connectivity index (χ2n) is 3.68. The molecule has 1 amide bonds. The normalized spacial score (nSPS) is 10.7. The number of carbonyl (C=O) groups excluding carboxylic acids is 1. The first-order valence-corrected chi connectivity index (χ1v) is 6.95.